The molecular weight excluding hydrogens is 867 g/mol. The van der Waals surface area contributed by atoms with E-state index in [0.29, 0.717) is 0 Å². The van der Waals surface area contributed by atoms with Crippen molar-refractivity contribution in [1.29, 1.82) is 0 Å². The molecule has 12 rings (SSSR count). The molecule has 0 radical (unpaired) electrons. The quantitative estimate of drug-likeness (QED) is 0.158. The topological polar surface area (TPSA) is 12.5 Å². The summed E-state index contributed by atoms with van der Waals surface area (Å²) in [5.74, 6) is 1.77. The second-order valence-electron chi connectivity index (χ2n) is 17.5. The van der Waals surface area contributed by atoms with Crippen LogP contribution in [0.15, 0.2) is 235 Å². The van der Waals surface area contributed by atoms with E-state index in [2.05, 4.69) is 265 Å². The molecular formula is C63H44BrNO. The summed E-state index contributed by atoms with van der Waals surface area (Å²) in [6, 6.07) is 84.2. The van der Waals surface area contributed by atoms with Crippen LogP contribution in [0.25, 0.3) is 55.6 Å². The summed E-state index contributed by atoms with van der Waals surface area (Å²) < 4.78 is 7.80. The molecule has 1 aliphatic carbocycles. The first-order chi connectivity index (χ1) is 32.4. The molecule has 0 bridgehead atoms. The van der Waals surface area contributed by atoms with Gasteiger partial charge < -0.3 is 9.64 Å². The fraction of sp³-hybridized carbons (Fsp3) is 0.0476. The number of hydrogen-bond donors (Lipinski definition) is 0. The maximum Gasteiger partial charge on any atom is 0.132 e. The van der Waals surface area contributed by atoms with Gasteiger partial charge in [-0.05, 0) is 165 Å². The summed E-state index contributed by atoms with van der Waals surface area (Å²) in [4.78, 5) is 2.46. The lowest BCUT2D eigenvalue weighted by Gasteiger charge is -2.39. The van der Waals surface area contributed by atoms with Crippen LogP contribution >= 0.6 is 15.9 Å². The second kappa shape index (κ2) is 16.1. The van der Waals surface area contributed by atoms with Crippen LogP contribution in [0.2, 0.25) is 0 Å². The third-order valence-electron chi connectivity index (χ3n) is 13.6. The van der Waals surface area contributed by atoms with Gasteiger partial charge in [0, 0.05) is 32.7 Å². The number of ether oxygens (including phenoxy) is 1. The Balaban J connectivity index is 1.13. The van der Waals surface area contributed by atoms with Gasteiger partial charge in [0.05, 0.1) is 5.41 Å². The first-order valence-electron chi connectivity index (χ1n) is 22.6. The van der Waals surface area contributed by atoms with Gasteiger partial charge in [0.25, 0.3) is 0 Å². The summed E-state index contributed by atoms with van der Waals surface area (Å²) in [5.41, 5.74) is 21.8. The molecule has 0 saturated carbocycles. The Kier molecular flexibility index (Phi) is 9.70. The Hall–Kier alpha value is -7.72. The summed E-state index contributed by atoms with van der Waals surface area (Å²) in [5, 5.41) is 0. The monoisotopic (exact) mass is 909 g/mol. The molecule has 1 spiro atoms. The summed E-state index contributed by atoms with van der Waals surface area (Å²) in [7, 11) is 0. The Morgan fingerprint density at radius 3 is 1.38 bits per heavy atom. The lowest BCUT2D eigenvalue weighted by molar-refractivity contribution is 0.436. The van der Waals surface area contributed by atoms with E-state index in [-0.39, 0.29) is 0 Å². The van der Waals surface area contributed by atoms with Crippen LogP contribution in [0.5, 0.6) is 11.5 Å². The highest BCUT2D eigenvalue weighted by atomic mass is 79.9. The number of benzene rings is 10. The van der Waals surface area contributed by atoms with Crippen molar-refractivity contribution in [2.24, 2.45) is 0 Å². The Morgan fingerprint density at radius 2 is 0.803 bits per heavy atom. The van der Waals surface area contributed by atoms with E-state index in [4.69, 9.17) is 4.74 Å². The molecule has 0 atom stereocenters. The third-order valence-corrected chi connectivity index (χ3v) is 14.1. The Labute approximate surface area is 395 Å². The molecule has 0 saturated heterocycles. The molecule has 0 aromatic heterocycles. The van der Waals surface area contributed by atoms with Gasteiger partial charge >= 0.3 is 0 Å². The predicted octanol–water partition coefficient (Wildman–Crippen LogP) is 17.7. The smallest absolute Gasteiger partial charge is 0.132 e. The van der Waals surface area contributed by atoms with Gasteiger partial charge in [-0.3, -0.25) is 0 Å². The predicted molar refractivity (Wildman–Crippen MR) is 277 cm³/mol. The highest BCUT2D eigenvalue weighted by Gasteiger charge is 2.51. The fourth-order valence-corrected chi connectivity index (χ4v) is 11.1. The first kappa shape index (κ1) is 39.8. The number of para-hydroxylation sites is 2. The van der Waals surface area contributed by atoms with Crippen molar-refractivity contribution in [3.63, 3.8) is 0 Å². The van der Waals surface area contributed by atoms with Gasteiger partial charge in [0.15, 0.2) is 0 Å². The molecule has 2 nitrogen and oxygen atoms in total. The zero-order valence-electron chi connectivity index (χ0n) is 36.7. The molecule has 1 heterocycles. The second-order valence-corrected chi connectivity index (χ2v) is 18.4. The molecule has 66 heavy (non-hydrogen) atoms. The number of fused-ring (bicyclic) bond motifs is 9. The van der Waals surface area contributed by atoms with Crippen LogP contribution in [0.1, 0.15) is 33.4 Å². The van der Waals surface area contributed by atoms with Gasteiger partial charge in [-0.15, -0.1) is 0 Å². The minimum Gasteiger partial charge on any atom is -0.457 e. The molecule has 2 aliphatic rings. The standard InChI is InChI=1S/C63H44BrNO/c1-41-34-49(64)27-30-53(41)54-31-28-50(35-42(54)2)65(52-37-47(44-18-8-4-9-19-44)36-48(38-52)45-20-10-5-11-21-45)51-29-33-58-56(40-51)55-39-46(43-16-6-3-7-17-43)26-32-57(55)63(58)59-22-12-14-24-61(59)66-62-25-15-13-23-60(62)63/h3-40H,1-2H3. The molecule has 0 unspecified atom stereocenters. The first-order valence-corrected chi connectivity index (χ1v) is 23.4. The fourth-order valence-electron chi connectivity index (χ4n) is 10.6. The molecule has 314 valence electrons. The van der Waals surface area contributed by atoms with E-state index in [0.717, 1.165) is 55.3 Å². The van der Waals surface area contributed by atoms with Gasteiger partial charge in [0.1, 0.15) is 11.5 Å². The lowest BCUT2D eigenvalue weighted by atomic mass is 9.66. The zero-order chi connectivity index (χ0) is 44.4. The normalized spacial score (nSPS) is 12.7. The number of nitrogens with zero attached hydrogens (tertiary/aromatic N) is 1. The summed E-state index contributed by atoms with van der Waals surface area (Å²) >= 11 is 3.69. The molecule has 0 fully saturated rings. The van der Waals surface area contributed by atoms with Crippen molar-refractivity contribution in [3.05, 3.63) is 268 Å². The van der Waals surface area contributed by atoms with E-state index < -0.39 is 5.41 Å². The van der Waals surface area contributed by atoms with Crippen LogP contribution in [-0.4, -0.2) is 0 Å². The molecule has 10 aromatic rings. The van der Waals surface area contributed by atoms with Crippen LogP contribution in [-0.2, 0) is 5.41 Å². The average molecular weight is 911 g/mol. The van der Waals surface area contributed by atoms with Crippen LogP contribution in [0.4, 0.5) is 17.1 Å². The number of hydrogen-bond acceptors (Lipinski definition) is 2. The Morgan fingerprint density at radius 1 is 0.333 bits per heavy atom. The number of rotatable bonds is 7. The van der Waals surface area contributed by atoms with E-state index in [1.54, 1.807) is 0 Å². The van der Waals surface area contributed by atoms with Crippen LogP contribution in [0.3, 0.4) is 0 Å². The summed E-state index contributed by atoms with van der Waals surface area (Å²) in [6.45, 7) is 4.43. The van der Waals surface area contributed by atoms with E-state index >= 15 is 0 Å². The van der Waals surface area contributed by atoms with Gasteiger partial charge in [-0.25, -0.2) is 0 Å². The van der Waals surface area contributed by atoms with Crippen molar-refractivity contribution < 1.29 is 4.74 Å². The van der Waals surface area contributed by atoms with Crippen molar-refractivity contribution in [2.45, 2.75) is 19.3 Å². The van der Waals surface area contributed by atoms with E-state index in [9.17, 15) is 0 Å². The summed E-state index contributed by atoms with van der Waals surface area (Å²) in [6.07, 6.45) is 0. The minimum atomic E-state index is -0.594. The number of aryl methyl sites for hydroxylation is 2. The zero-order valence-corrected chi connectivity index (χ0v) is 38.3. The molecule has 0 amide bonds. The van der Waals surface area contributed by atoms with Crippen LogP contribution in [0, 0.1) is 13.8 Å². The SMILES string of the molecule is Cc1cc(Br)ccc1-c1ccc(N(c2cc(-c3ccccc3)cc(-c3ccccc3)c2)c2ccc3c(c2)-c2cc(-c4ccccc4)ccc2C32c3ccccc3Oc3ccccc32)cc1C. The number of anilines is 3. The van der Waals surface area contributed by atoms with E-state index in [1.165, 1.54) is 66.8 Å². The third kappa shape index (κ3) is 6.53. The van der Waals surface area contributed by atoms with Crippen LogP contribution < -0.4 is 9.64 Å². The van der Waals surface area contributed by atoms with Gasteiger partial charge in [-0.2, -0.15) is 0 Å². The van der Waals surface area contributed by atoms with Crippen molar-refractivity contribution in [3.8, 4) is 67.1 Å². The van der Waals surface area contributed by atoms with Gasteiger partial charge in [-0.1, -0.05) is 174 Å². The average Bonchev–Trinajstić information content (AvgIpc) is 3.64. The van der Waals surface area contributed by atoms with Crippen molar-refractivity contribution in [2.75, 3.05) is 4.90 Å². The molecule has 10 aromatic carbocycles. The largest absolute Gasteiger partial charge is 0.457 e. The Bertz CT molecular complexity index is 3380. The van der Waals surface area contributed by atoms with Crippen molar-refractivity contribution >= 4 is 33.0 Å². The maximum absolute atomic E-state index is 6.72. The minimum absolute atomic E-state index is 0.594. The van der Waals surface area contributed by atoms with Crippen molar-refractivity contribution in [1.82, 2.24) is 0 Å². The highest BCUT2D eigenvalue weighted by molar-refractivity contribution is 9.10. The molecule has 3 heteroatoms. The lowest BCUT2D eigenvalue weighted by Crippen LogP contribution is -2.32. The molecule has 1 aliphatic heterocycles. The highest BCUT2D eigenvalue weighted by Crippen LogP contribution is 2.63. The van der Waals surface area contributed by atoms with Gasteiger partial charge in [0.2, 0.25) is 0 Å². The van der Waals surface area contributed by atoms with E-state index in [1.807, 2.05) is 0 Å². The molecule has 0 N–H and O–H groups in total. The maximum atomic E-state index is 6.72. The number of halogens is 1.